The second-order valence-electron chi connectivity index (χ2n) is 4.71. The van der Waals surface area contributed by atoms with Crippen molar-refractivity contribution in [2.24, 2.45) is 0 Å². The van der Waals surface area contributed by atoms with E-state index in [0.29, 0.717) is 21.5 Å². The molecule has 0 spiro atoms. The smallest absolute Gasteiger partial charge is 0.147 e. The summed E-state index contributed by atoms with van der Waals surface area (Å²) in [7, 11) is 0. The van der Waals surface area contributed by atoms with Crippen LogP contribution in [0.4, 0.5) is 4.39 Å². The number of halogens is 4. The molecule has 112 valence electrons. The Hall–Kier alpha value is -0.610. The molecule has 0 aliphatic heterocycles. The van der Waals surface area contributed by atoms with Gasteiger partial charge in [0.1, 0.15) is 5.82 Å². The second-order valence-corrected chi connectivity index (χ2v) is 6.38. The standard InChI is InChI=1S/C16H15BrCl2FN/c1-2-21-14(9-10-4-3-5-11(18)8-10)12-6-7-13(17)15(19)16(12)20/h3-8,14,21H,2,9H2,1H3. The van der Waals surface area contributed by atoms with Gasteiger partial charge in [-0.2, -0.15) is 0 Å². The van der Waals surface area contributed by atoms with E-state index < -0.39 is 0 Å². The number of benzene rings is 2. The summed E-state index contributed by atoms with van der Waals surface area (Å²) in [5.74, 6) is -0.390. The molecule has 2 aromatic rings. The predicted octanol–water partition coefficient (Wildman–Crippen LogP) is 5.79. The average Bonchev–Trinajstić information content (AvgIpc) is 2.45. The van der Waals surface area contributed by atoms with Crippen LogP contribution in [0.2, 0.25) is 10.0 Å². The maximum Gasteiger partial charge on any atom is 0.147 e. The van der Waals surface area contributed by atoms with Crippen LogP contribution in [0, 0.1) is 5.82 Å². The Balaban J connectivity index is 2.33. The van der Waals surface area contributed by atoms with Crippen LogP contribution >= 0.6 is 39.1 Å². The molecule has 0 saturated heterocycles. The number of hydrogen-bond acceptors (Lipinski definition) is 1. The van der Waals surface area contributed by atoms with E-state index in [0.717, 1.165) is 12.1 Å². The molecular weight excluding hydrogens is 376 g/mol. The van der Waals surface area contributed by atoms with E-state index in [4.69, 9.17) is 23.2 Å². The summed E-state index contributed by atoms with van der Waals surface area (Å²) in [4.78, 5) is 0. The molecule has 1 atom stereocenters. The molecule has 0 fully saturated rings. The lowest BCUT2D eigenvalue weighted by Crippen LogP contribution is -2.24. The molecule has 0 saturated carbocycles. The first-order valence-electron chi connectivity index (χ1n) is 6.64. The summed E-state index contributed by atoms with van der Waals surface area (Å²) in [5.41, 5.74) is 1.61. The third-order valence-corrected chi connectivity index (χ3v) is 4.71. The van der Waals surface area contributed by atoms with Crippen LogP contribution < -0.4 is 5.32 Å². The number of likely N-dealkylation sites (N-methyl/N-ethyl adjacent to an activating group) is 1. The van der Waals surface area contributed by atoms with Crippen molar-refractivity contribution in [3.63, 3.8) is 0 Å². The molecule has 0 aromatic heterocycles. The van der Waals surface area contributed by atoms with Crippen LogP contribution in [0.5, 0.6) is 0 Å². The maximum atomic E-state index is 14.4. The van der Waals surface area contributed by atoms with E-state index >= 15 is 0 Å². The fraction of sp³-hybridized carbons (Fsp3) is 0.250. The normalized spacial score (nSPS) is 12.4. The molecule has 1 N–H and O–H groups in total. The maximum absolute atomic E-state index is 14.4. The lowest BCUT2D eigenvalue weighted by molar-refractivity contribution is 0.510. The minimum atomic E-state index is -0.390. The zero-order chi connectivity index (χ0) is 15.4. The largest absolute Gasteiger partial charge is 0.310 e. The van der Waals surface area contributed by atoms with Gasteiger partial charge in [-0.3, -0.25) is 0 Å². The zero-order valence-electron chi connectivity index (χ0n) is 11.5. The summed E-state index contributed by atoms with van der Waals surface area (Å²) >= 11 is 15.2. The fourth-order valence-corrected chi connectivity index (χ4v) is 2.94. The molecule has 2 rings (SSSR count). The van der Waals surface area contributed by atoms with Crippen LogP contribution in [0.3, 0.4) is 0 Å². The molecule has 5 heteroatoms. The fourth-order valence-electron chi connectivity index (χ4n) is 2.25. The Bertz CT molecular complexity index is 634. The Morgan fingerprint density at radius 2 is 2.00 bits per heavy atom. The van der Waals surface area contributed by atoms with Gasteiger partial charge in [0.2, 0.25) is 0 Å². The lowest BCUT2D eigenvalue weighted by Gasteiger charge is -2.20. The van der Waals surface area contributed by atoms with Crippen molar-refractivity contribution in [3.05, 3.63) is 67.9 Å². The van der Waals surface area contributed by atoms with Gasteiger partial charge in [0.05, 0.1) is 5.02 Å². The third-order valence-electron chi connectivity index (χ3n) is 3.22. The molecular formula is C16H15BrCl2FN. The number of rotatable bonds is 5. The molecule has 21 heavy (non-hydrogen) atoms. The minimum absolute atomic E-state index is 0.112. The first kappa shape index (κ1) is 16.8. The van der Waals surface area contributed by atoms with Gasteiger partial charge in [0.25, 0.3) is 0 Å². The average molecular weight is 391 g/mol. The highest BCUT2D eigenvalue weighted by Gasteiger charge is 2.19. The molecule has 2 aromatic carbocycles. The van der Waals surface area contributed by atoms with E-state index in [-0.39, 0.29) is 16.9 Å². The van der Waals surface area contributed by atoms with Crippen molar-refractivity contribution in [2.75, 3.05) is 6.54 Å². The SMILES string of the molecule is CCNC(Cc1cccc(Cl)c1)c1ccc(Br)c(Cl)c1F. The van der Waals surface area contributed by atoms with Crippen molar-refractivity contribution in [3.8, 4) is 0 Å². The summed E-state index contributed by atoms with van der Waals surface area (Å²) < 4.78 is 14.9. The van der Waals surface area contributed by atoms with E-state index in [1.165, 1.54) is 0 Å². The van der Waals surface area contributed by atoms with Crippen molar-refractivity contribution in [2.45, 2.75) is 19.4 Å². The molecule has 0 heterocycles. The van der Waals surface area contributed by atoms with Gasteiger partial charge in [-0.1, -0.05) is 48.3 Å². The van der Waals surface area contributed by atoms with Gasteiger partial charge in [-0.25, -0.2) is 4.39 Å². The highest BCUT2D eigenvalue weighted by molar-refractivity contribution is 9.10. The van der Waals surface area contributed by atoms with Crippen molar-refractivity contribution in [1.29, 1.82) is 0 Å². The number of hydrogen-bond donors (Lipinski definition) is 1. The van der Waals surface area contributed by atoms with Crippen LogP contribution in [0.1, 0.15) is 24.1 Å². The van der Waals surface area contributed by atoms with Gasteiger partial charge >= 0.3 is 0 Å². The third kappa shape index (κ3) is 4.19. The molecule has 0 bridgehead atoms. The minimum Gasteiger partial charge on any atom is -0.310 e. The van der Waals surface area contributed by atoms with E-state index in [9.17, 15) is 4.39 Å². The second kappa shape index (κ2) is 7.59. The summed E-state index contributed by atoms with van der Waals surface area (Å²) in [6, 6.07) is 11.0. The number of nitrogens with one attached hydrogen (secondary N) is 1. The van der Waals surface area contributed by atoms with Gasteiger partial charge in [0.15, 0.2) is 0 Å². The molecule has 0 radical (unpaired) electrons. The Morgan fingerprint density at radius 3 is 2.67 bits per heavy atom. The van der Waals surface area contributed by atoms with Crippen LogP contribution in [0.25, 0.3) is 0 Å². The first-order valence-corrected chi connectivity index (χ1v) is 8.19. The Morgan fingerprint density at radius 1 is 1.24 bits per heavy atom. The summed E-state index contributed by atoms with van der Waals surface area (Å²) in [5, 5.41) is 4.09. The molecule has 1 unspecified atom stereocenters. The van der Waals surface area contributed by atoms with Crippen LogP contribution in [0.15, 0.2) is 40.9 Å². The lowest BCUT2D eigenvalue weighted by atomic mass is 9.98. The van der Waals surface area contributed by atoms with Crippen molar-refractivity contribution < 1.29 is 4.39 Å². The van der Waals surface area contributed by atoms with E-state index in [1.807, 2.05) is 31.2 Å². The zero-order valence-corrected chi connectivity index (χ0v) is 14.6. The van der Waals surface area contributed by atoms with Crippen molar-refractivity contribution >= 4 is 39.1 Å². The summed E-state index contributed by atoms with van der Waals surface area (Å²) in [6.07, 6.45) is 0.642. The highest BCUT2D eigenvalue weighted by Crippen LogP contribution is 2.31. The topological polar surface area (TPSA) is 12.0 Å². The predicted molar refractivity (Wildman–Crippen MR) is 90.7 cm³/mol. The summed E-state index contributed by atoms with van der Waals surface area (Å²) in [6.45, 7) is 2.72. The van der Waals surface area contributed by atoms with Crippen LogP contribution in [-0.2, 0) is 6.42 Å². The molecule has 0 amide bonds. The van der Waals surface area contributed by atoms with E-state index in [1.54, 1.807) is 12.1 Å². The van der Waals surface area contributed by atoms with Gasteiger partial charge < -0.3 is 5.32 Å². The molecule has 0 aliphatic carbocycles. The molecule has 0 aliphatic rings. The monoisotopic (exact) mass is 389 g/mol. The molecule has 1 nitrogen and oxygen atoms in total. The first-order chi connectivity index (χ1) is 10.0. The Labute approximate surface area is 142 Å². The van der Waals surface area contributed by atoms with Crippen LogP contribution in [-0.4, -0.2) is 6.54 Å². The van der Waals surface area contributed by atoms with Crippen molar-refractivity contribution in [1.82, 2.24) is 5.32 Å². The van der Waals surface area contributed by atoms with Gasteiger partial charge in [0, 0.05) is 21.1 Å². The Kier molecular flexibility index (Phi) is 6.06. The quantitative estimate of drug-likeness (QED) is 0.637. The van der Waals surface area contributed by atoms with E-state index in [2.05, 4.69) is 21.2 Å². The van der Waals surface area contributed by atoms with Gasteiger partial charge in [-0.15, -0.1) is 0 Å². The highest BCUT2D eigenvalue weighted by atomic mass is 79.9. The van der Waals surface area contributed by atoms with Gasteiger partial charge in [-0.05, 0) is 52.7 Å².